The van der Waals surface area contributed by atoms with Gasteiger partial charge in [-0.25, -0.2) is 4.79 Å². The molecular formula is C15H19F5O6S. The lowest BCUT2D eigenvalue weighted by molar-refractivity contribution is -0.262. The third-order valence-electron chi connectivity index (χ3n) is 5.67. The monoisotopic (exact) mass is 422 g/mol. The molecule has 27 heavy (non-hydrogen) atoms. The Morgan fingerprint density at radius 1 is 1.04 bits per heavy atom. The summed E-state index contributed by atoms with van der Waals surface area (Å²) in [5.74, 6) is -0.520. The predicted octanol–water partition coefficient (Wildman–Crippen LogP) is 2.93. The Labute approximate surface area is 152 Å². The van der Waals surface area contributed by atoms with E-state index in [0.29, 0.717) is 37.0 Å². The third kappa shape index (κ3) is 4.07. The van der Waals surface area contributed by atoms with Crippen LogP contribution in [-0.2, 0) is 24.4 Å². The molecule has 1 unspecified atom stereocenters. The summed E-state index contributed by atoms with van der Waals surface area (Å²) in [6, 6.07) is 0. The average Bonchev–Trinajstić information content (AvgIpc) is 2.47. The molecule has 0 aromatic rings. The van der Waals surface area contributed by atoms with Gasteiger partial charge in [-0.05, 0) is 56.3 Å². The van der Waals surface area contributed by atoms with Crippen molar-refractivity contribution in [2.45, 2.75) is 61.7 Å². The Morgan fingerprint density at radius 2 is 1.48 bits per heavy atom. The summed E-state index contributed by atoms with van der Waals surface area (Å²) in [7, 11) is -6.45. The number of alkyl halides is 5. The van der Waals surface area contributed by atoms with Crippen LogP contribution in [0.3, 0.4) is 0 Å². The van der Waals surface area contributed by atoms with E-state index >= 15 is 0 Å². The van der Waals surface area contributed by atoms with Crippen molar-refractivity contribution in [3.63, 3.8) is 0 Å². The van der Waals surface area contributed by atoms with E-state index in [1.54, 1.807) is 0 Å². The lowest BCUT2D eigenvalue weighted by atomic mass is 9.54. The number of ether oxygens (including phenoxy) is 2. The maximum Gasteiger partial charge on any atom is 0.432 e. The largest absolute Gasteiger partial charge is 0.443 e. The van der Waals surface area contributed by atoms with Crippen LogP contribution in [0.2, 0.25) is 0 Å². The number of carbonyl (C=O) groups excluding carboxylic acids is 1. The molecule has 0 aromatic heterocycles. The maximum absolute atomic E-state index is 13.4. The fourth-order valence-corrected chi connectivity index (χ4v) is 5.50. The number of rotatable bonds is 6. The molecule has 1 N–H and O–H groups in total. The molecule has 4 aliphatic carbocycles. The molecule has 4 rings (SSSR count). The van der Waals surface area contributed by atoms with Gasteiger partial charge in [0.2, 0.25) is 0 Å². The van der Waals surface area contributed by atoms with E-state index in [1.165, 1.54) is 0 Å². The van der Waals surface area contributed by atoms with E-state index in [-0.39, 0.29) is 0 Å². The molecule has 0 heterocycles. The number of hydrogen-bond acceptors (Lipinski definition) is 5. The quantitative estimate of drug-likeness (QED) is 0.402. The number of esters is 1. The van der Waals surface area contributed by atoms with Gasteiger partial charge in [-0.15, -0.1) is 0 Å². The molecule has 1 atom stereocenters. The summed E-state index contributed by atoms with van der Waals surface area (Å²) >= 11 is 0. The van der Waals surface area contributed by atoms with E-state index in [0.717, 1.165) is 19.3 Å². The van der Waals surface area contributed by atoms with Gasteiger partial charge in [0.15, 0.2) is 0 Å². The van der Waals surface area contributed by atoms with Gasteiger partial charge in [0, 0.05) is 0 Å². The van der Waals surface area contributed by atoms with Crippen molar-refractivity contribution in [1.29, 1.82) is 0 Å². The summed E-state index contributed by atoms with van der Waals surface area (Å²) in [5.41, 5.74) is -0.674. The van der Waals surface area contributed by atoms with Crippen LogP contribution in [0.1, 0.15) is 38.5 Å². The Balaban J connectivity index is 1.65. The lowest BCUT2D eigenvalue weighted by Gasteiger charge is -2.56. The highest BCUT2D eigenvalue weighted by atomic mass is 32.2. The van der Waals surface area contributed by atoms with E-state index in [9.17, 15) is 35.2 Å². The normalized spacial score (nSPS) is 34.5. The van der Waals surface area contributed by atoms with Crippen molar-refractivity contribution in [1.82, 2.24) is 0 Å². The average molecular weight is 422 g/mol. The predicted molar refractivity (Wildman–Crippen MR) is 79.3 cm³/mol. The molecule has 0 saturated heterocycles. The first-order valence-electron chi connectivity index (χ1n) is 8.47. The summed E-state index contributed by atoms with van der Waals surface area (Å²) in [6.07, 6.45) is -5.15. The SMILES string of the molecule is O=C(COC12CC3CC(CC(C3)C1)C2)OC(C(F)(F)F)C(F)(F)S(=O)(=O)O. The van der Waals surface area contributed by atoms with E-state index < -0.39 is 45.8 Å². The number of carbonyl (C=O) groups is 1. The lowest BCUT2D eigenvalue weighted by Crippen LogP contribution is -2.54. The van der Waals surface area contributed by atoms with Gasteiger partial charge in [0.1, 0.15) is 6.61 Å². The van der Waals surface area contributed by atoms with Crippen LogP contribution in [0.4, 0.5) is 22.0 Å². The zero-order chi connectivity index (χ0) is 20.3. The van der Waals surface area contributed by atoms with E-state index in [4.69, 9.17) is 9.29 Å². The van der Waals surface area contributed by atoms with Crippen molar-refractivity contribution < 1.29 is 49.2 Å². The van der Waals surface area contributed by atoms with Crippen molar-refractivity contribution >= 4 is 16.1 Å². The molecule has 156 valence electrons. The third-order valence-corrected chi connectivity index (χ3v) is 6.58. The summed E-state index contributed by atoms with van der Waals surface area (Å²) in [6.45, 7) is -1.000. The molecule has 0 aliphatic heterocycles. The highest BCUT2D eigenvalue weighted by molar-refractivity contribution is 7.86. The number of hydrogen-bond donors (Lipinski definition) is 1. The van der Waals surface area contributed by atoms with Crippen molar-refractivity contribution in [2.24, 2.45) is 17.8 Å². The molecule has 0 aromatic carbocycles. The Hall–Kier alpha value is -1.01. The summed E-state index contributed by atoms with van der Waals surface area (Å²) < 4.78 is 104. The minimum atomic E-state index is -6.45. The topological polar surface area (TPSA) is 89.9 Å². The number of halogens is 5. The van der Waals surface area contributed by atoms with Gasteiger partial charge >= 0.3 is 27.5 Å². The minimum Gasteiger partial charge on any atom is -0.443 e. The van der Waals surface area contributed by atoms with Crippen LogP contribution < -0.4 is 0 Å². The van der Waals surface area contributed by atoms with Crippen molar-refractivity contribution in [2.75, 3.05) is 6.61 Å². The Morgan fingerprint density at radius 3 is 1.85 bits per heavy atom. The van der Waals surface area contributed by atoms with Crippen molar-refractivity contribution in [3.05, 3.63) is 0 Å². The highest BCUT2D eigenvalue weighted by Gasteiger charge is 2.66. The van der Waals surface area contributed by atoms with Gasteiger partial charge in [0.05, 0.1) is 5.60 Å². The second kappa shape index (κ2) is 6.51. The summed E-state index contributed by atoms with van der Waals surface area (Å²) in [4.78, 5) is 11.7. The molecule has 0 radical (unpaired) electrons. The minimum absolute atomic E-state index is 0.416. The molecule has 12 heteroatoms. The smallest absolute Gasteiger partial charge is 0.432 e. The molecule has 4 bridgehead atoms. The van der Waals surface area contributed by atoms with Crippen LogP contribution in [0.25, 0.3) is 0 Å². The van der Waals surface area contributed by atoms with Gasteiger partial charge in [-0.2, -0.15) is 30.4 Å². The first kappa shape index (κ1) is 20.7. The van der Waals surface area contributed by atoms with Gasteiger partial charge in [-0.3, -0.25) is 4.55 Å². The van der Waals surface area contributed by atoms with E-state index in [2.05, 4.69) is 4.74 Å². The zero-order valence-corrected chi connectivity index (χ0v) is 14.9. The summed E-state index contributed by atoms with van der Waals surface area (Å²) in [5, 5.41) is -5.73. The first-order valence-corrected chi connectivity index (χ1v) is 9.91. The van der Waals surface area contributed by atoms with Crippen LogP contribution in [0.5, 0.6) is 0 Å². The van der Waals surface area contributed by atoms with Crippen LogP contribution in [0, 0.1) is 17.8 Å². The Bertz CT molecular complexity index is 669. The molecule has 4 saturated carbocycles. The first-order chi connectivity index (χ1) is 12.2. The molecular weight excluding hydrogens is 403 g/mol. The van der Waals surface area contributed by atoms with Gasteiger partial charge < -0.3 is 9.47 Å². The fourth-order valence-electron chi connectivity index (χ4n) is 5.05. The second-order valence-electron chi connectivity index (χ2n) is 7.84. The second-order valence-corrected chi connectivity index (χ2v) is 9.33. The molecule has 0 spiro atoms. The molecule has 4 aliphatic rings. The van der Waals surface area contributed by atoms with Crippen LogP contribution >= 0.6 is 0 Å². The zero-order valence-electron chi connectivity index (χ0n) is 14.0. The molecule has 4 fully saturated rings. The highest BCUT2D eigenvalue weighted by Crippen LogP contribution is 2.57. The maximum atomic E-state index is 13.4. The Kier molecular flexibility index (Phi) is 5.00. The van der Waals surface area contributed by atoms with Gasteiger partial charge in [0.25, 0.3) is 6.10 Å². The fraction of sp³-hybridized carbons (Fsp3) is 0.933. The standard InChI is InChI=1S/C15H19F5O6S/c16-14(17,18)12(15(19,20)27(22,23)24)26-11(21)7-25-13-4-8-1-9(5-13)3-10(2-8)6-13/h8-10,12H,1-7H2,(H,22,23,24). The van der Waals surface area contributed by atoms with Crippen molar-refractivity contribution in [3.8, 4) is 0 Å². The van der Waals surface area contributed by atoms with Crippen LogP contribution in [-0.4, -0.2) is 48.7 Å². The van der Waals surface area contributed by atoms with E-state index in [1.807, 2.05) is 0 Å². The van der Waals surface area contributed by atoms with Gasteiger partial charge in [-0.1, -0.05) is 0 Å². The van der Waals surface area contributed by atoms with Crippen LogP contribution in [0.15, 0.2) is 0 Å². The molecule has 0 amide bonds. The molecule has 6 nitrogen and oxygen atoms in total.